The number of rotatable bonds is 6. The topological polar surface area (TPSA) is 90.3 Å². The van der Waals surface area contributed by atoms with E-state index in [2.05, 4.69) is 10.4 Å². The number of hydrogen-bond donors (Lipinski definition) is 1. The summed E-state index contributed by atoms with van der Waals surface area (Å²) in [6.45, 7) is 4.22. The van der Waals surface area contributed by atoms with Crippen molar-refractivity contribution in [1.82, 2.24) is 9.78 Å². The zero-order valence-electron chi connectivity index (χ0n) is 17.3. The fourth-order valence-electron chi connectivity index (χ4n) is 3.72. The molecule has 0 aromatic carbocycles. The number of aromatic nitrogens is 2. The first kappa shape index (κ1) is 23.0. The molecular weight excluding hydrogens is 435 g/mol. The van der Waals surface area contributed by atoms with Crippen molar-refractivity contribution in [3.8, 4) is 0 Å². The molecule has 0 aliphatic heterocycles. The van der Waals surface area contributed by atoms with Gasteiger partial charge in [-0.3, -0.25) is 14.3 Å². The molecule has 3 rings (SSSR count). The number of halogens is 3. The Labute approximate surface area is 180 Å². The molecule has 0 atom stereocenters. The van der Waals surface area contributed by atoms with E-state index in [-0.39, 0.29) is 34.9 Å². The van der Waals surface area contributed by atoms with Crippen molar-refractivity contribution >= 4 is 34.0 Å². The average molecular weight is 457 g/mol. The second-order valence-electron chi connectivity index (χ2n) is 7.22. The highest BCUT2D eigenvalue weighted by molar-refractivity contribution is 7.18. The Morgan fingerprint density at radius 3 is 2.52 bits per heavy atom. The summed E-state index contributed by atoms with van der Waals surface area (Å²) in [7, 11) is 0. The zero-order chi connectivity index (χ0) is 22.9. The Kier molecular flexibility index (Phi) is 6.54. The second kappa shape index (κ2) is 8.81. The molecule has 2 aromatic rings. The van der Waals surface area contributed by atoms with Crippen LogP contribution in [0.1, 0.15) is 69.2 Å². The van der Waals surface area contributed by atoms with Gasteiger partial charge in [0.2, 0.25) is 5.91 Å². The molecule has 0 saturated carbocycles. The summed E-state index contributed by atoms with van der Waals surface area (Å²) in [6.07, 6.45) is -2.56. The number of Topliss-reactive ketones (excluding diaryl/α,β-unsaturated/α-hetero) is 1. The first-order valence-electron chi connectivity index (χ1n) is 9.81. The first-order valence-corrected chi connectivity index (χ1v) is 10.6. The van der Waals surface area contributed by atoms with Gasteiger partial charge < -0.3 is 10.1 Å². The van der Waals surface area contributed by atoms with E-state index in [9.17, 15) is 27.6 Å². The van der Waals surface area contributed by atoms with Crippen LogP contribution in [-0.4, -0.2) is 34.0 Å². The van der Waals surface area contributed by atoms with Crippen molar-refractivity contribution in [2.45, 2.75) is 59.2 Å². The fraction of sp³-hybridized carbons (Fsp3) is 0.500. The summed E-state index contributed by atoms with van der Waals surface area (Å²) in [5.74, 6) is -1.61. The maximum atomic E-state index is 13.4. The van der Waals surface area contributed by atoms with Gasteiger partial charge in [-0.25, -0.2) is 4.79 Å². The number of nitrogens with one attached hydrogen (secondary N) is 1. The molecule has 1 aliphatic carbocycles. The summed E-state index contributed by atoms with van der Waals surface area (Å²) in [5.41, 5.74) is 0.0646. The third-order valence-corrected chi connectivity index (χ3v) is 6.33. The van der Waals surface area contributed by atoms with Crippen LogP contribution in [0.3, 0.4) is 0 Å². The van der Waals surface area contributed by atoms with Crippen molar-refractivity contribution in [2.24, 2.45) is 0 Å². The molecule has 0 saturated heterocycles. The van der Waals surface area contributed by atoms with Gasteiger partial charge in [0.05, 0.1) is 17.0 Å². The number of hydrogen-bond acceptors (Lipinski definition) is 6. The van der Waals surface area contributed by atoms with Crippen molar-refractivity contribution < 1.29 is 32.3 Å². The van der Waals surface area contributed by atoms with E-state index in [1.54, 1.807) is 13.8 Å². The van der Waals surface area contributed by atoms with Gasteiger partial charge in [0, 0.05) is 11.3 Å². The monoisotopic (exact) mass is 457 g/mol. The number of ketones is 1. The molecule has 0 radical (unpaired) electrons. The number of thiophene rings is 1. The van der Waals surface area contributed by atoms with Crippen LogP contribution in [0.25, 0.3) is 0 Å². The Morgan fingerprint density at radius 1 is 1.23 bits per heavy atom. The molecule has 1 aliphatic rings. The van der Waals surface area contributed by atoms with Gasteiger partial charge in [-0.1, -0.05) is 0 Å². The van der Waals surface area contributed by atoms with Crippen molar-refractivity contribution in [2.75, 3.05) is 11.9 Å². The molecule has 0 fully saturated rings. The maximum Gasteiger partial charge on any atom is 0.435 e. The van der Waals surface area contributed by atoms with E-state index in [0.29, 0.717) is 29.0 Å². The molecule has 168 valence electrons. The van der Waals surface area contributed by atoms with Crippen LogP contribution in [-0.2, 0) is 35.1 Å². The lowest BCUT2D eigenvalue weighted by Crippen LogP contribution is -2.22. The molecule has 11 heteroatoms. The lowest BCUT2D eigenvalue weighted by atomic mass is 9.95. The highest BCUT2D eigenvalue weighted by atomic mass is 32.1. The molecule has 31 heavy (non-hydrogen) atoms. The van der Waals surface area contributed by atoms with E-state index in [1.807, 2.05) is 0 Å². The minimum Gasteiger partial charge on any atom is -0.462 e. The molecule has 1 amide bonds. The normalized spacial score (nSPS) is 13.6. The van der Waals surface area contributed by atoms with E-state index >= 15 is 0 Å². The minimum absolute atomic E-state index is 0.0730. The van der Waals surface area contributed by atoms with Gasteiger partial charge >= 0.3 is 12.1 Å². The molecule has 0 unspecified atom stereocenters. The molecule has 0 spiro atoms. The second-order valence-corrected chi connectivity index (χ2v) is 8.24. The van der Waals surface area contributed by atoms with Crippen molar-refractivity contribution in [1.29, 1.82) is 0 Å². The number of esters is 1. The maximum absolute atomic E-state index is 13.4. The molecular formula is C20H22F3N3O4S. The van der Waals surface area contributed by atoms with Crippen LogP contribution in [0.2, 0.25) is 0 Å². The largest absolute Gasteiger partial charge is 0.462 e. The van der Waals surface area contributed by atoms with Gasteiger partial charge in [0.15, 0.2) is 11.5 Å². The van der Waals surface area contributed by atoms with E-state index in [0.717, 1.165) is 22.4 Å². The van der Waals surface area contributed by atoms with E-state index < -0.39 is 30.3 Å². The van der Waals surface area contributed by atoms with Crippen LogP contribution >= 0.6 is 11.3 Å². The Morgan fingerprint density at radius 2 is 1.90 bits per heavy atom. The smallest absolute Gasteiger partial charge is 0.435 e. The summed E-state index contributed by atoms with van der Waals surface area (Å²) >= 11 is 0.934. The number of ether oxygens (including phenoxy) is 1. The fourth-order valence-corrected chi connectivity index (χ4v) is 4.82. The Hall–Kier alpha value is -2.69. The number of carbonyl (C=O) groups excluding carboxylic acids is 3. The predicted octanol–water partition coefficient (Wildman–Crippen LogP) is 4.17. The number of amides is 1. The van der Waals surface area contributed by atoms with Gasteiger partial charge in [-0.2, -0.15) is 18.3 Å². The van der Waals surface area contributed by atoms with Crippen LogP contribution in [0.15, 0.2) is 0 Å². The summed E-state index contributed by atoms with van der Waals surface area (Å²) in [6, 6.07) is 0. The predicted molar refractivity (Wildman–Crippen MR) is 108 cm³/mol. The standard InChI is InChI=1S/C20H22F3N3O4S/c1-4-30-19(29)15-10(2)16(11(3)27)31-18(15)24-14(28)9-26-13-8-6-5-7-12(13)17(25-26)20(21,22)23/h4-9H2,1-3H3,(H,24,28). The molecule has 1 N–H and O–H groups in total. The number of fused-ring (bicyclic) bond motifs is 1. The highest BCUT2D eigenvalue weighted by Crippen LogP contribution is 2.36. The van der Waals surface area contributed by atoms with Crippen LogP contribution in [0.5, 0.6) is 0 Å². The number of alkyl halides is 3. The van der Waals surface area contributed by atoms with Gasteiger partial charge in [-0.15, -0.1) is 11.3 Å². The molecule has 0 bridgehead atoms. The first-order chi connectivity index (χ1) is 14.5. The third-order valence-electron chi connectivity index (χ3n) is 5.02. The number of nitrogens with zero attached hydrogens (tertiary/aromatic N) is 2. The Bertz CT molecular complexity index is 1040. The Balaban J connectivity index is 1.90. The number of carbonyl (C=O) groups is 3. The minimum atomic E-state index is -4.60. The summed E-state index contributed by atoms with van der Waals surface area (Å²) in [4.78, 5) is 37.2. The highest BCUT2D eigenvalue weighted by Gasteiger charge is 2.39. The third kappa shape index (κ3) is 4.65. The quantitative estimate of drug-likeness (QED) is 0.520. The summed E-state index contributed by atoms with van der Waals surface area (Å²) in [5, 5.41) is 6.35. The van der Waals surface area contributed by atoms with Gasteiger partial charge in [-0.05, 0) is 52.0 Å². The van der Waals surface area contributed by atoms with Crippen LogP contribution in [0.4, 0.5) is 18.2 Å². The molecule has 2 heterocycles. The average Bonchev–Trinajstić information content (AvgIpc) is 3.20. The summed E-state index contributed by atoms with van der Waals surface area (Å²) < 4.78 is 46.2. The van der Waals surface area contributed by atoms with Gasteiger partial charge in [0.25, 0.3) is 0 Å². The SMILES string of the molecule is CCOC(=O)c1c(NC(=O)Cn2nc(C(F)(F)F)c3c2CCCC3)sc(C(C)=O)c1C. The molecule has 7 nitrogen and oxygen atoms in total. The van der Waals surface area contributed by atoms with E-state index in [4.69, 9.17) is 4.74 Å². The van der Waals surface area contributed by atoms with Crippen molar-refractivity contribution in [3.63, 3.8) is 0 Å². The lowest BCUT2D eigenvalue weighted by molar-refractivity contribution is -0.142. The lowest BCUT2D eigenvalue weighted by Gasteiger charge is -2.14. The number of anilines is 1. The van der Waals surface area contributed by atoms with E-state index in [1.165, 1.54) is 6.92 Å². The van der Waals surface area contributed by atoms with Crippen molar-refractivity contribution in [3.05, 3.63) is 33.0 Å². The van der Waals surface area contributed by atoms with Gasteiger partial charge in [0.1, 0.15) is 11.5 Å². The molecule has 2 aromatic heterocycles. The van der Waals surface area contributed by atoms with Crippen LogP contribution < -0.4 is 5.32 Å². The van der Waals surface area contributed by atoms with Crippen LogP contribution in [0, 0.1) is 6.92 Å². The zero-order valence-corrected chi connectivity index (χ0v) is 18.1.